The van der Waals surface area contributed by atoms with Gasteiger partial charge < -0.3 is 20.1 Å². The van der Waals surface area contributed by atoms with Crippen molar-refractivity contribution >= 4 is 27.6 Å². The molecule has 1 amide bonds. The van der Waals surface area contributed by atoms with E-state index in [-0.39, 0.29) is 52.7 Å². The number of sulfonamides is 1. The molecule has 34 heavy (non-hydrogen) atoms. The van der Waals surface area contributed by atoms with E-state index in [0.29, 0.717) is 12.2 Å². The van der Waals surface area contributed by atoms with Crippen molar-refractivity contribution in [1.29, 1.82) is 0 Å². The zero-order valence-corrected chi connectivity index (χ0v) is 20.9. The summed E-state index contributed by atoms with van der Waals surface area (Å²) in [4.78, 5) is 26.4. The van der Waals surface area contributed by atoms with Gasteiger partial charge in [-0.15, -0.1) is 0 Å². The van der Waals surface area contributed by atoms with E-state index in [4.69, 9.17) is 4.74 Å². The Hall–Kier alpha value is -2.43. The number of hydrogen-bond acceptors (Lipinski definition) is 7. The van der Waals surface area contributed by atoms with Gasteiger partial charge in [0.15, 0.2) is 0 Å². The lowest BCUT2D eigenvalue weighted by molar-refractivity contribution is -0.136. The summed E-state index contributed by atoms with van der Waals surface area (Å²) in [5.74, 6) is -1.06. The first-order valence-corrected chi connectivity index (χ1v) is 12.9. The zero-order chi connectivity index (χ0) is 24.9. The number of aliphatic hydroxyl groups is 1. The third kappa shape index (κ3) is 4.46. The van der Waals surface area contributed by atoms with Crippen molar-refractivity contribution in [3.63, 3.8) is 0 Å². The van der Waals surface area contributed by atoms with E-state index in [9.17, 15) is 23.1 Å². The topological polar surface area (TPSA) is 116 Å². The van der Waals surface area contributed by atoms with Gasteiger partial charge in [-0.2, -0.15) is 4.31 Å². The molecule has 1 aromatic carbocycles. The molecule has 0 aromatic heterocycles. The first kappa shape index (κ1) is 24.7. The number of carbonyl (C=O) groups is 2. The lowest BCUT2D eigenvalue weighted by atomic mass is 9.65. The molecule has 2 heterocycles. The molecule has 0 radical (unpaired) electrons. The summed E-state index contributed by atoms with van der Waals surface area (Å²) in [7, 11) is -2.43. The van der Waals surface area contributed by atoms with Gasteiger partial charge in [-0.25, -0.2) is 13.2 Å². The Bertz CT molecular complexity index is 1130. The highest BCUT2D eigenvalue weighted by Crippen LogP contribution is 2.53. The predicted octanol–water partition coefficient (Wildman–Crippen LogP) is 1.95. The fourth-order valence-electron chi connectivity index (χ4n) is 6.03. The van der Waals surface area contributed by atoms with Crippen LogP contribution in [0.15, 0.2) is 40.4 Å². The highest BCUT2D eigenvalue weighted by molar-refractivity contribution is 7.89. The van der Waals surface area contributed by atoms with E-state index >= 15 is 0 Å². The molecule has 1 aromatic rings. The van der Waals surface area contributed by atoms with Crippen molar-refractivity contribution in [1.82, 2.24) is 9.21 Å². The minimum Gasteiger partial charge on any atom is -0.466 e. The molecular weight excluding hydrogens is 458 g/mol. The molecule has 9 nitrogen and oxygen atoms in total. The maximum atomic E-state index is 13.5. The number of aliphatic hydroxyl groups excluding tert-OH is 1. The first-order valence-electron chi connectivity index (χ1n) is 11.5. The average molecular weight is 492 g/mol. The molecule has 10 heteroatoms. The fraction of sp³-hybridized carbons (Fsp3) is 0.583. The second-order valence-corrected chi connectivity index (χ2v) is 12.6. The number of nitrogens with one attached hydrogen (secondary N) is 1. The van der Waals surface area contributed by atoms with Gasteiger partial charge in [0.1, 0.15) is 5.70 Å². The van der Waals surface area contributed by atoms with Gasteiger partial charge in [0.05, 0.1) is 30.7 Å². The van der Waals surface area contributed by atoms with E-state index in [2.05, 4.69) is 26.1 Å². The van der Waals surface area contributed by atoms with E-state index < -0.39 is 21.9 Å². The number of β-amino-alcohol motifs (C(OH)–C–C–N with tert-alkyl or cyclic N) is 1. The van der Waals surface area contributed by atoms with Crippen molar-refractivity contribution in [2.45, 2.75) is 51.0 Å². The smallest absolute Gasteiger partial charge is 0.337 e. The molecule has 1 saturated heterocycles. The van der Waals surface area contributed by atoms with Gasteiger partial charge in [-0.1, -0.05) is 20.8 Å². The normalized spacial score (nSPS) is 26.8. The number of hydrogen-bond donors (Lipinski definition) is 2. The van der Waals surface area contributed by atoms with Crippen LogP contribution in [-0.4, -0.2) is 74.0 Å². The summed E-state index contributed by atoms with van der Waals surface area (Å²) in [6, 6.07) is 6.22. The molecule has 0 spiro atoms. The molecular formula is C24H33N3O6S. The third-order valence-corrected chi connectivity index (χ3v) is 8.96. The Morgan fingerprint density at radius 1 is 1.21 bits per heavy atom. The SMILES string of the molecule is COC(=O)C1=C(Nc2ccc(S(=O)(=O)N3CC4(C)CC3CC(C)(C)C4)cc2)C(=O)N(CCO)C1. The molecule has 2 atom stereocenters. The molecule has 2 N–H and O–H groups in total. The minimum absolute atomic E-state index is 0.00191. The summed E-state index contributed by atoms with van der Waals surface area (Å²) < 4.78 is 33.4. The molecule has 3 aliphatic rings. The summed E-state index contributed by atoms with van der Waals surface area (Å²) >= 11 is 0. The maximum absolute atomic E-state index is 13.5. The van der Waals surface area contributed by atoms with Gasteiger partial charge in [0.2, 0.25) is 10.0 Å². The van der Waals surface area contributed by atoms with Gasteiger partial charge >= 0.3 is 5.97 Å². The van der Waals surface area contributed by atoms with E-state index in [1.54, 1.807) is 16.4 Å². The van der Waals surface area contributed by atoms with Crippen molar-refractivity contribution in [3.8, 4) is 0 Å². The van der Waals surface area contributed by atoms with Gasteiger partial charge in [-0.3, -0.25) is 4.79 Å². The van der Waals surface area contributed by atoms with Gasteiger partial charge in [-0.05, 0) is 54.4 Å². The molecule has 2 unspecified atom stereocenters. The summed E-state index contributed by atoms with van der Waals surface area (Å²) in [5.41, 5.74) is 0.805. The highest BCUT2D eigenvalue weighted by atomic mass is 32.2. The molecule has 1 saturated carbocycles. The van der Waals surface area contributed by atoms with Crippen molar-refractivity contribution in [2.24, 2.45) is 10.8 Å². The summed E-state index contributed by atoms with van der Waals surface area (Å²) in [6.07, 6.45) is 2.73. The highest BCUT2D eigenvalue weighted by Gasteiger charge is 2.53. The van der Waals surface area contributed by atoms with Crippen LogP contribution in [0.4, 0.5) is 5.69 Å². The molecule has 2 aliphatic heterocycles. The third-order valence-electron chi connectivity index (χ3n) is 7.05. The number of carbonyl (C=O) groups excluding carboxylic acids is 2. The van der Waals surface area contributed by atoms with Crippen LogP contribution in [-0.2, 0) is 24.3 Å². The van der Waals surface area contributed by atoms with Gasteiger partial charge in [0, 0.05) is 24.8 Å². The van der Waals surface area contributed by atoms with E-state index in [1.165, 1.54) is 24.1 Å². The zero-order valence-electron chi connectivity index (χ0n) is 20.1. The Kier molecular flexibility index (Phi) is 6.28. The predicted molar refractivity (Wildman–Crippen MR) is 126 cm³/mol. The standard InChI is InChI=1S/C24H33N3O6S/c1-23(2)11-17-12-24(3,14-23)15-27(17)34(31,32)18-7-5-16(6-8-18)25-20-19(22(30)33-4)13-26(9-10-28)21(20)29/h5-8,17,25,28H,9-15H2,1-4H3. The Balaban J connectivity index is 1.55. The Morgan fingerprint density at radius 3 is 2.50 bits per heavy atom. The van der Waals surface area contributed by atoms with Crippen LogP contribution in [0.25, 0.3) is 0 Å². The number of benzene rings is 1. The lowest BCUT2D eigenvalue weighted by Gasteiger charge is -2.39. The number of nitrogens with zero attached hydrogens (tertiary/aromatic N) is 2. The molecule has 1 aliphatic carbocycles. The van der Waals surface area contributed by atoms with Crippen molar-refractivity contribution in [2.75, 3.05) is 38.7 Å². The second kappa shape index (κ2) is 8.66. The number of esters is 1. The number of methoxy groups -OCH3 is 1. The number of fused-ring (bicyclic) bond motifs is 2. The van der Waals surface area contributed by atoms with Crippen LogP contribution in [0, 0.1) is 10.8 Å². The summed E-state index contributed by atoms with van der Waals surface area (Å²) in [6.45, 7) is 7.01. The fourth-order valence-corrected chi connectivity index (χ4v) is 7.80. The van der Waals surface area contributed by atoms with E-state index in [1.807, 2.05) is 0 Å². The Morgan fingerprint density at radius 2 is 1.88 bits per heavy atom. The minimum atomic E-state index is -3.66. The van der Waals surface area contributed by atoms with Crippen LogP contribution < -0.4 is 5.32 Å². The molecule has 2 bridgehead atoms. The van der Waals surface area contributed by atoms with Crippen LogP contribution >= 0.6 is 0 Å². The van der Waals surface area contributed by atoms with Crippen LogP contribution in [0.3, 0.4) is 0 Å². The van der Waals surface area contributed by atoms with Crippen LogP contribution in [0.5, 0.6) is 0 Å². The summed E-state index contributed by atoms with van der Waals surface area (Å²) in [5, 5.41) is 12.1. The first-order chi connectivity index (χ1) is 15.9. The number of anilines is 1. The molecule has 2 fully saturated rings. The quantitative estimate of drug-likeness (QED) is 0.560. The maximum Gasteiger partial charge on any atom is 0.337 e. The Labute approximate surface area is 200 Å². The number of amides is 1. The lowest BCUT2D eigenvalue weighted by Crippen LogP contribution is -2.37. The monoisotopic (exact) mass is 491 g/mol. The van der Waals surface area contributed by atoms with Crippen molar-refractivity contribution in [3.05, 3.63) is 35.5 Å². The number of rotatable bonds is 7. The number of ether oxygens (including phenoxy) is 1. The van der Waals surface area contributed by atoms with Gasteiger partial charge in [0.25, 0.3) is 5.91 Å². The molecule has 4 rings (SSSR count). The van der Waals surface area contributed by atoms with Crippen LogP contribution in [0.1, 0.15) is 40.0 Å². The van der Waals surface area contributed by atoms with Crippen LogP contribution in [0.2, 0.25) is 0 Å². The van der Waals surface area contributed by atoms with E-state index in [0.717, 1.165) is 19.3 Å². The second-order valence-electron chi connectivity index (χ2n) is 10.7. The largest absolute Gasteiger partial charge is 0.466 e. The molecule has 186 valence electrons. The average Bonchev–Trinajstić information content (AvgIpc) is 3.21. The van der Waals surface area contributed by atoms with Crippen molar-refractivity contribution < 1.29 is 27.9 Å².